The Balaban J connectivity index is 2.06. The molecule has 0 saturated heterocycles. The van der Waals surface area contributed by atoms with Gasteiger partial charge in [0.1, 0.15) is 23.9 Å². The molecule has 0 radical (unpaired) electrons. The van der Waals surface area contributed by atoms with E-state index in [2.05, 4.69) is 5.10 Å². The number of aliphatic hydroxyl groups excluding tert-OH is 1. The fourth-order valence-corrected chi connectivity index (χ4v) is 4.05. The second kappa shape index (κ2) is 8.40. The lowest BCUT2D eigenvalue weighted by molar-refractivity contribution is 0.264. The van der Waals surface area contributed by atoms with Crippen molar-refractivity contribution in [2.75, 3.05) is 0 Å². The molecule has 2 aromatic carbocycles. The lowest BCUT2D eigenvalue weighted by atomic mass is 9.97. The molecule has 0 spiro atoms. The van der Waals surface area contributed by atoms with Crippen LogP contribution in [0.5, 0.6) is 0 Å². The highest BCUT2D eigenvalue weighted by atomic mass is 19.1. The summed E-state index contributed by atoms with van der Waals surface area (Å²) in [4.78, 5) is 26.1. The van der Waals surface area contributed by atoms with E-state index in [1.165, 1.54) is 27.3 Å². The van der Waals surface area contributed by atoms with E-state index in [1.54, 1.807) is 26.1 Å². The Bertz CT molecular complexity index is 1500. The number of aliphatic hydroxyl groups is 1. The van der Waals surface area contributed by atoms with E-state index >= 15 is 4.39 Å². The lowest BCUT2D eigenvalue weighted by Gasteiger charge is -2.17. The van der Waals surface area contributed by atoms with E-state index < -0.39 is 29.5 Å². The van der Waals surface area contributed by atoms with Crippen molar-refractivity contribution in [2.24, 2.45) is 0 Å². The Hall–Kier alpha value is -3.59. The van der Waals surface area contributed by atoms with Crippen LogP contribution in [0, 0.1) is 18.6 Å². The molecule has 7 nitrogen and oxygen atoms in total. The van der Waals surface area contributed by atoms with Crippen LogP contribution in [-0.4, -0.2) is 24.0 Å². The first-order chi connectivity index (χ1) is 15.7. The van der Waals surface area contributed by atoms with Crippen molar-refractivity contribution < 1.29 is 13.9 Å². The van der Waals surface area contributed by atoms with Gasteiger partial charge in [0, 0.05) is 12.7 Å². The molecule has 33 heavy (non-hydrogen) atoms. The highest BCUT2D eigenvalue weighted by Gasteiger charge is 2.20. The molecular formula is C24H24F2N4O3. The molecule has 4 rings (SSSR count). The monoisotopic (exact) mass is 454 g/mol. The molecule has 0 atom stereocenters. The van der Waals surface area contributed by atoms with Gasteiger partial charge in [0.05, 0.1) is 11.1 Å². The number of aromatic nitrogens is 4. The number of hydrogen-bond acceptors (Lipinski definition) is 4. The average molecular weight is 454 g/mol. The Morgan fingerprint density at radius 2 is 1.79 bits per heavy atom. The van der Waals surface area contributed by atoms with Crippen molar-refractivity contribution in [2.45, 2.75) is 46.8 Å². The Morgan fingerprint density at radius 1 is 1.06 bits per heavy atom. The molecule has 0 unspecified atom stereocenters. The topological polar surface area (TPSA) is 82.0 Å². The first-order valence-corrected chi connectivity index (χ1v) is 10.6. The summed E-state index contributed by atoms with van der Waals surface area (Å²) in [5, 5.41) is 14.2. The summed E-state index contributed by atoms with van der Waals surface area (Å²) in [7, 11) is 0. The summed E-state index contributed by atoms with van der Waals surface area (Å²) in [5.74, 6) is -1.25. The average Bonchev–Trinajstić information content (AvgIpc) is 3.10. The van der Waals surface area contributed by atoms with Gasteiger partial charge in [-0.05, 0) is 60.5 Å². The number of aryl methyl sites for hydroxylation is 1. The van der Waals surface area contributed by atoms with E-state index in [0.717, 1.165) is 16.3 Å². The van der Waals surface area contributed by atoms with Gasteiger partial charge in [0.25, 0.3) is 5.56 Å². The molecule has 2 heterocycles. The van der Waals surface area contributed by atoms with Crippen molar-refractivity contribution >= 4 is 10.8 Å². The molecule has 2 aromatic heterocycles. The van der Waals surface area contributed by atoms with Gasteiger partial charge in [-0.3, -0.25) is 13.9 Å². The molecular weight excluding hydrogens is 430 g/mol. The first kappa shape index (κ1) is 22.6. The van der Waals surface area contributed by atoms with E-state index in [0.29, 0.717) is 16.6 Å². The third kappa shape index (κ3) is 3.68. The SMILES string of the molecule is CCn1c(CO)nn(-c2cc3c(C(C)C)cn(-c4cc(F)ccc4C)c(=O)c3cc2F)c1=O. The summed E-state index contributed by atoms with van der Waals surface area (Å²) in [6.07, 6.45) is 1.63. The number of pyridine rings is 1. The van der Waals surface area contributed by atoms with Gasteiger partial charge in [-0.15, -0.1) is 5.10 Å². The summed E-state index contributed by atoms with van der Waals surface area (Å²) >= 11 is 0. The third-order valence-electron chi connectivity index (χ3n) is 5.79. The maximum Gasteiger partial charge on any atom is 0.350 e. The normalized spacial score (nSPS) is 11.6. The second-order valence-corrected chi connectivity index (χ2v) is 8.21. The van der Waals surface area contributed by atoms with Crippen molar-refractivity contribution in [3.8, 4) is 11.4 Å². The van der Waals surface area contributed by atoms with Gasteiger partial charge in [-0.1, -0.05) is 19.9 Å². The van der Waals surface area contributed by atoms with Gasteiger partial charge >= 0.3 is 5.69 Å². The van der Waals surface area contributed by atoms with Crippen molar-refractivity contribution in [1.82, 2.24) is 18.9 Å². The Labute approximate surface area is 188 Å². The molecule has 0 aliphatic rings. The molecule has 0 saturated carbocycles. The molecule has 4 aromatic rings. The minimum atomic E-state index is -0.810. The molecule has 172 valence electrons. The molecule has 0 amide bonds. The van der Waals surface area contributed by atoms with Crippen molar-refractivity contribution in [3.63, 3.8) is 0 Å². The molecule has 1 N–H and O–H groups in total. The summed E-state index contributed by atoms with van der Waals surface area (Å²) in [6, 6.07) is 6.67. The fraction of sp³-hybridized carbons (Fsp3) is 0.292. The fourth-order valence-electron chi connectivity index (χ4n) is 4.05. The number of nitrogens with zero attached hydrogens (tertiary/aromatic N) is 4. The smallest absolute Gasteiger partial charge is 0.350 e. The van der Waals surface area contributed by atoms with Crippen LogP contribution in [0.25, 0.3) is 22.1 Å². The van der Waals surface area contributed by atoms with E-state index in [-0.39, 0.29) is 29.4 Å². The Kier molecular flexibility index (Phi) is 5.75. The summed E-state index contributed by atoms with van der Waals surface area (Å²) in [5.41, 5.74) is 0.581. The zero-order valence-corrected chi connectivity index (χ0v) is 18.8. The summed E-state index contributed by atoms with van der Waals surface area (Å²) < 4.78 is 32.7. The molecule has 0 fully saturated rings. The maximum atomic E-state index is 15.2. The van der Waals surface area contributed by atoms with Crippen LogP contribution in [0.3, 0.4) is 0 Å². The first-order valence-electron chi connectivity index (χ1n) is 10.6. The number of fused-ring (bicyclic) bond motifs is 1. The van der Waals surface area contributed by atoms with Crippen LogP contribution >= 0.6 is 0 Å². The van der Waals surface area contributed by atoms with E-state index in [9.17, 15) is 19.1 Å². The standard InChI is InChI=1S/C24H24F2N4O3/c1-5-28-22(12-31)27-30(24(28)33)21-10-16-17(9-19(21)26)23(32)29(11-18(16)13(2)3)20-8-15(25)7-6-14(20)4/h6-11,13,31H,5,12H2,1-4H3. The Morgan fingerprint density at radius 3 is 2.39 bits per heavy atom. The van der Waals surface area contributed by atoms with Crippen LogP contribution in [-0.2, 0) is 13.2 Å². The summed E-state index contributed by atoms with van der Waals surface area (Å²) in [6.45, 7) is 7.12. The predicted octanol–water partition coefficient (Wildman–Crippen LogP) is 3.56. The number of benzene rings is 2. The number of rotatable bonds is 5. The van der Waals surface area contributed by atoms with Gasteiger partial charge in [0.15, 0.2) is 5.82 Å². The predicted molar refractivity (Wildman–Crippen MR) is 121 cm³/mol. The van der Waals surface area contributed by atoms with Crippen LogP contribution in [0.4, 0.5) is 8.78 Å². The van der Waals surface area contributed by atoms with E-state index in [4.69, 9.17) is 0 Å². The van der Waals surface area contributed by atoms with Crippen LogP contribution < -0.4 is 11.2 Å². The van der Waals surface area contributed by atoms with Gasteiger partial charge in [-0.2, -0.15) is 4.68 Å². The van der Waals surface area contributed by atoms with Crippen LogP contribution in [0.15, 0.2) is 46.1 Å². The highest BCUT2D eigenvalue weighted by molar-refractivity contribution is 5.87. The lowest BCUT2D eigenvalue weighted by Crippen LogP contribution is -2.25. The molecule has 0 aliphatic carbocycles. The second-order valence-electron chi connectivity index (χ2n) is 8.21. The quantitative estimate of drug-likeness (QED) is 0.500. The maximum absolute atomic E-state index is 15.2. The van der Waals surface area contributed by atoms with Gasteiger partial charge < -0.3 is 5.11 Å². The molecule has 0 aliphatic heterocycles. The van der Waals surface area contributed by atoms with Gasteiger partial charge in [0.2, 0.25) is 0 Å². The van der Waals surface area contributed by atoms with Crippen molar-refractivity contribution in [1.29, 1.82) is 0 Å². The minimum Gasteiger partial charge on any atom is -0.388 e. The van der Waals surface area contributed by atoms with Gasteiger partial charge in [-0.25, -0.2) is 13.6 Å². The highest BCUT2D eigenvalue weighted by Crippen LogP contribution is 2.28. The zero-order valence-electron chi connectivity index (χ0n) is 18.8. The third-order valence-corrected chi connectivity index (χ3v) is 5.79. The minimum absolute atomic E-state index is 0.0653. The zero-order chi connectivity index (χ0) is 24.0. The van der Waals surface area contributed by atoms with E-state index in [1.807, 2.05) is 13.8 Å². The van der Waals surface area contributed by atoms with Crippen molar-refractivity contribution in [3.05, 3.63) is 86.0 Å². The number of halogens is 2. The molecule has 9 heteroatoms. The number of hydrogen-bond donors (Lipinski definition) is 1. The van der Waals surface area contributed by atoms with Crippen LogP contribution in [0.1, 0.15) is 43.6 Å². The van der Waals surface area contributed by atoms with Crippen LogP contribution in [0.2, 0.25) is 0 Å². The molecule has 0 bridgehead atoms. The largest absolute Gasteiger partial charge is 0.388 e.